The normalized spacial score (nSPS) is 10.7. The molecule has 0 spiro atoms. The summed E-state index contributed by atoms with van der Waals surface area (Å²) in [5, 5.41) is 5.07. The first-order valence-electron chi connectivity index (χ1n) is 6.70. The molecule has 0 radical (unpaired) electrons. The molecule has 0 unspecified atom stereocenters. The predicted octanol–water partition coefficient (Wildman–Crippen LogP) is 2.08. The highest BCUT2D eigenvalue weighted by Crippen LogP contribution is 2.20. The molecule has 0 heterocycles. The lowest BCUT2D eigenvalue weighted by Gasteiger charge is -2.18. The molecule has 1 rings (SSSR count). The van der Waals surface area contributed by atoms with Gasteiger partial charge >= 0.3 is 0 Å². The molecule has 0 bridgehead atoms. The molecule has 6 heteroatoms. The Bertz CT molecular complexity index is 439. The van der Waals surface area contributed by atoms with Gasteiger partial charge in [0.15, 0.2) is 0 Å². The molecular weight excluding hydrogens is 264 g/mol. The van der Waals surface area contributed by atoms with E-state index < -0.39 is 17.5 Å². The first-order valence-corrected chi connectivity index (χ1v) is 6.70. The van der Waals surface area contributed by atoms with Crippen LogP contribution < -0.4 is 10.6 Å². The van der Waals surface area contributed by atoms with E-state index in [1.807, 2.05) is 13.8 Å². The van der Waals surface area contributed by atoms with Crippen molar-refractivity contribution in [2.75, 3.05) is 38.5 Å². The zero-order chi connectivity index (χ0) is 15.1. The summed E-state index contributed by atoms with van der Waals surface area (Å²) in [6.07, 6.45) is 0. The molecule has 0 fully saturated rings. The Morgan fingerprint density at radius 2 is 1.75 bits per heavy atom. The molecule has 1 aromatic carbocycles. The fourth-order valence-electron chi connectivity index (χ4n) is 1.91. The first-order chi connectivity index (χ1) is 9.53. The van der Waals surface area contributed by atoms with Crippen molar-refractivity contribution < 1.29 is 13.6 Å². The Hall–Kier alpha value is -1.69. The monoisotopic (exact) mass is 285 g/mol. The van der Waals surface area contributed by atoms with E-state index in [2.05, 4.69) is 15.5 Å². The molecule has 1 aromatic rings. The maximum Gasteiger partial charge on any atom is 0.251 e. The highest BCUT2D eigenvalue weighted by atomic mass is 19.1. The number of hydrogen-bond donors (Lipinski definition) is 2. The smallest absolute Gasteiger partial charge is 0.251 e. The number of nitrogens with one attached hydrogen (secondary N) is 2. The van der Waals surface area contributed by atoms with Gasteiger partial charge in [-0.05, 0) is 25.2 Å². The molecule has 0 aliphatic heterocycles. The molecule has 0 aliphatic rings. The van der Waals surface area contributed by atoms with Gasteiger partial charge in [-0.3, -0.25) is 4.79 Å². The topological polar surface area (TPSA) is 44.4 Å². The minimum Gasteiger partial charge on any atom is -0.383 e. The Labute approximate surface area is 118 Å². The molecule has 20 heavy (non-hydrogen) atoms. The summed E-state index contributed by atoms with van der Waals surface area (Å²) in [5.74, 6) is -2.03. The van der Waals surface area contributed by atoms with Crippen LogP contribution in [0.5, 0.6) is 0 Å². The van der Waals surface area contributed by atoms with Gasteiger partial charge in [-0.25, -0.2) is 8.78 Å². The highest BCUT2D eigenvalue weighted by Gasteiger charge is 2.14. The van der Waals surface area contributed by atoms with E-state index in [-0.39, 0.29) is 11.3 Å². The van der Waals surface area contributed by atoms with Crippen molar-refractivity contribution in [3.05, 3.63) is 29.3 Å². The maximum absolute atomic E-state index is 13.5. The third kappa shape index (κ3) is 4.16. The number of rotatable bonds is 7. The Morgan fingerprint density at radius 1 is 1.20 bits per heavy atom. The van der Waals surface area contributed by atoms with Gasteiger partial charge in [-0.2, -0.15) is 0 Å². The van der Waals surface area contributed by atoms with Crippen molar-refractivity contribution in [3.63, 3.8) is 0 Å². The Balaban J connectivity index is 2.64. The lowest BCUT2D eigenvalue weighted by atomic mass is 10.1. The van der Waals surface area contributed by atoms with Crippen LogP contribution in [0.25, 0.3) is 0 Å². The fourth-order valence-corrected chi connectivity index (χ4v) is 1.91. The number of halogens is 2. The molecule has 112 valence electrons. The Kier molecular flexibility index (Phi) is 6.38. The third-order valence-corrected chi connectivity index (χ3v) is 3.16. The minimum atomic E-state index is -0.776. The van der Waals surface area contributed by atoms with Crippen LogP contribution in [-0.4, -0.2) is 44.0 Å². The van der Waals surface area contributed by atoms with Gasteiger partial charge in [-0.1, -0.05) is 13.8 Å². The number of hydrogen-bond acceptors (Lipinski definition) is 3. The number of nitrogens with zero attached hydrogens (tertiary/aromatic N) is 1. The van der Waals surface area contributed by atoms with Crippen molar-refractivity contribution in [2.45, 2.75) is 13.8 Å². The van der Waals surface area contributed by atoms with Crippen molar-refractivity contribution in [2.24, 2.45) is 0 Å². The molecule has 0 atom stereocenters. The number of carbonyl (C=O) groups excluding carboxylic acids is 1. The van der Waals surface area contributed by atoms with Crippen molar-refractivity contribution >= 4 is 11.6 Å². The van der Waals surface area contributed by atoms with Crippen LogP contribution >= 0.6 is 0 Å². The van der Waals surface area contributed by atoms with Gasteiger partial charge in [0.05, 0.1) is 0 Å². The van der Waals surface area contributed by atoms with E-state index in [1.165, 1.54) is 7.05 Å². The van der Waals surface area contributed by atoms with E-state index in [0.29, 0.717) is 13.1 Å². The second kappa shape index (κ2) is 7.79. The summed E-state index contributed by atoms with van der Waals surface area (Å²) in [6, 6.07) is 2.06. The average Bonchev–Trinajstić information content (AvgIpc) is 2.43. The molecule has 0 aliphatic carbocycles. The van der Waals surface area contributed by atoms with Gasteiger partial charge in [0.1, 0.15) is 17.3 Å². The van der Waals surface area contributed by atoms with Crippen molar-refractivity contribution in [1.29, 1.82) is 0 Å². The zero-order valence-corrected chi connectivity index (χ0v) is 12.1. The third-order valence-electron chi connectivity index (χ3n) is 3.16. The van der Waals surface area contributed by atoms with Gasteiger partial charge < -0.3 is 15.5 Å². The number of amides is 1. The van der Waals surface area contributed by atoms with E-state index in [9.17, 15) is 13.6 Å². The lowest BCUT2D eigenvalue weighted by molar-refractivity contribution is 0.0948. The zero-order valence-electron chi connectivity index (χ0n) is 12.1. The van der Waals surface area contributed by atoms with Gasteiger partial charge in [0.25, 0.3) is 5.91 Å². The summed E-state index contributed by atoms with van der Waals surface area (Å²) in [5.41, 5.74) is -0.247. The Morgan fingerprint density at radius 3 is 2.20 bits per heavy atom. The number of anilines is 1. The van der Waals surface area contributed by atoms with Crippen molar-refractivity contribution in [1.82, 2.24) is 10.2 Å². The summed E-state index contributed by atoms with van der Waals surface area (Å²) in [7, 11) is 1.42. The standard InChI is InChI=1S/C14H21F2N3O/c1-4-19(5-2)7-6-18-14(20)10-8-11(15)13(17-3)12(16)9-10/h8-9,17H,4-7H2,1-3H3,(H,18,20). The molecule has 2 N–H and O–H groups in total. The summed E-state index contributed by atoms with van der Waals surface area (Å²) < 4.78 is 27.1. The van der Waals surface area contributed by atoms with Gasteiger partial charge in [-0.15, -0.1) is 0 Å². The quantitative estimate of drug-likeness (QED) is 0.806. The molecular formula is C14H21F2N3O. The lowest BCUT2D eigenvalue weighted by Crippen LogP contribution is -2.34. The molecule has 0 aromatic heterocycles. The van der Waals surface area contributed by atoms with Crippen molar-refractivity contribution in [3.8, 4) is 0 Å². The largest absolute Gasteiger partial charge is 0.383 e. The SMILES string of the molecule is CCN(CC)CCNC(=O)c1cc(F)c(NC)c(F)c1. The molecule has 0 saturated heterocycles. The summed E-state index contributed by atoms with van der Waals surface area (Å²) >= 11 is 0. The van der Waals surface area contributed by atoms with Crippen LogP contribution in [0.15, 0.2) is 12.1 Å². The maximum atomic E-state index is 13.5. The number of carbonyl (C=O) groups is 1. The van der Waals surface area contributed by atoms with E-state index in [4.69, 9.17) is 0 Å². The van der Waals surface area contributed by atoms with Crippen LogP contribution in [0.2, 0.25) is 0 Å². The highest BCUT2D eigenvalue weighted by molar-refractivity contribution is 5.94. The van der Waals surface area contributed by atoms with E-state index >= 15 is 0 Å². The van der Waals surface area contributed by atoms with E-state index in [1.54, 1.807) is 0 Å². The summed E-state index contributed by atoms with van der Waals surface area (Å²) in [6.45, 7) is 7.01. The first kappa shape index (κ1) is 16.4. The predicted molar refractivity (Wildman–Crippen MR) is 76.0 cm³/mol. The average molecular weight is 285 g/mol. The minimum absolute atomic E-state index is 0.0152. The van der Waals surface area contributed by atoms with Crippen LogP contribution in [0.3, 0.4) is 0 Å². The number of likely N-dealkylation sites (N-methyl/N-ethyl adjacent to an activating group) is 1. The second-order valence-corrected chi connectivity index (χ2v) is 4.35. The van der Waals surface area contributed by atoms with Gasteiger partial charge in [0.2, 0.25) is 0 Å². The molecule has 1 amide bonds. The molecule has 0 saturated carbocycles. The van der Waals surface area contributed by atoms with Crippen LogP contribution in [0.4, 0.5) is 14.5 Å². The summed E-state index contributed by atoms with van der Waals surface area (Å²) in [4.78, 5) is 14.0. The van der Waals surface area contributed by atoms with Gasteiger partial charge in [0, 0.05) is 25.7 Å². The van der Waals surface area contributed by atoms with E-state index in [0.717, 1.165) is 25.2 Å². The fraction of sp³-hybridized carbons (Fsp3) is 0.500. The van der Waals surface area contributed by atoms with Crippen LogP contribution in [-0.2, 0) is 0 Å². The second-order valence-electron chi connectivity index (χ2n) is 4.35. The molecule has 4 nitrogen and oxygen atoms in total. The van der Waals surface area contributed by atoms with Crippen LogP contribution in [0, 0.1) is 11.6 Å². The number of benzene rings is 1. The van der Waals surface area contributed by atoms with Crippen LogP contribution in [0.1, 0.15) is 24.2 Å².